The summed E-state index contributed by atoms with van der Waals surface area (Å²) < 4.78 is 5.66. The van der Waals surface area contributed by atoms with Crippen LogP contribution in [-0.2, 0) is 0 Å². The molecule has 0 radical (unpaired) electrons. The third-order valence-electron chi connectivity index (χ3n) is 3.09. The van der Waals surface area contributed by atoms with Gasteiger partial charge in [-0.25, -0.2) is 0 Å². The van der Waals surface area contributed by atoms with Crippen LogP contribution in [0.1, 0.15) is 31.9 Å². The molecule has 0 unspecified atom stereocenters. The third kappa shape index (κ3) is 2.15. The highest BCUT2D eigenvalue weighted by Gasteiger charge is 2.26. The number of hydrogen-bond acceptors (Lipinski definition) is 2. The number of ether oxygens (including phenoxy) is 1. The van der Waals surface area contributed by atoms with Crippen molar-refractivity contribution in [2.24, 2.45) is 5.92 Å². The molecule has 0 bridgehead atoms. The molecular formula is C13H19NO. The number of nitrogens with one attached hydrogen (secondary N) is 1. The van der Waals surface area contributed by atoms with Crippen LogP contribution in [0.3, 0.4) is 0 Å². The van der Waals surface area contributed by atoms with Gasteiger partial charge in [-0.15, -0.1) is 0 Å². The van der Waals surface area contributed by atoms with Crippen LogP contribution in [0.4, 0.5) is 0 Å². The van der Waals surface area contributed by atoms with Gasteiger partial charge < -0.3 is 10.1 Å². The van der Waals surface area contributed by atoms with Crippen LogP contribution in [0.5, 0.6) is 5.75 Å². The lowest BCUT2D eigenvalue weighted by atomic mass is 9.95. The second-order valence-electron chi connectivity index (χ2n) is 4.17. The minimum Gasteiger partial charge on any atom is -0.494 e. The molecule has 0 aromatic heterocycles. The Bertz CT molecular complexity index is 324. The van der Waals surface area contributed by atoms with E-state index in [4.69, 9.17) is 4.74 Å². The molecule has 1 aromatic rings. The van der Waals surface area contributed by atoms with Gasteiger partial charge in [0.25, 0.3) is 0 Å². The van der Waals surface area contributed by atoms with E-state index in [1.54, 1.807) is 0 Å². The molecule has 82 valence electrons. The molecular weight excluding hydrogens is 186 g/mol. The van der Waals surface area contributed by atoms with E-state index < -0.39 is 0 Å². The number of benzene rings is 1. The summed E-state index contributed by atoms with van der Waals surface area (Å²) >= 11 is 0. The topological polar surface area (TPSA) is 21.3 Å². The fourth-order valence-corrected chi connectivity index (χ4v) is 2.28. The maximum absolute atomic E-state index is 5.66. The predicted octanol–water partition coefficient (Wildman–Crippen LogP) is 2.76. The first-order valence-corrected chi connectivity index (χ1v) is 5.78. The molecule has 1 saturated heterocycles. The average molecular weight is 205 g/mol. The van der Waals surface area contributed by atoms with Crippen molar-refractivity contribution in [1.82, 2.24) is 5.32 Å². The SMILES string of the molecule is CCOc1ccccc1[C@@H]1NCC[C@H]1C. The maximum atomic E-state index is 5.66. The summed E-state index contributed by atoms with van der Waals surface area (Å²) in [6.07, 6.45) is 1.26. The molecule has 1 aromatic carbocycles. The molecule has 2 rings (SSSR count). The van der Waals surface area contributed by atoms with E-state index in [0.29, 0.717) is 12.0 Å². The van der Waals surface area contributed by atoms with Crippen LogP contribution in [-0.4, -0.2) is 13.2 Å². The summed E-state index contributed by atoms with van der Waals surface area (Å²) in [7, 11) is 0. The molecule has 2 atom stereocenters. The van der Waals surface area contributed by atoms with Crippen molar-refractivity contribution in [3.05, 3.63) is 29.8 Å². The molecule has 15 heavy (non-hydrogen) atoms. The second-order valence-corrected chi connectivity index (χ2v) is 4.17. The van der Waals surface area contributed by atoms with Gasteiger partial charge in [-0.1, -0.05) is 25.1 Å². The molecule has 0 spiro atoms. The number of rotatable bonds is 3. The van der Waals surface area contributed by atoms with Crippen LogP contribution >= 0.6 is 0 Å². The lowest BCUT2D eigenvalue weighted by molar-refractivity contribution is 0.329. The normalized spacial score (nSPS) is 25.5. The summed E-state index contributed by atoms with van der Waals surface area (Å²) in [5.41, 5.74) is 1.31. The molecule has 1 aliphatic heterocycles. The Hall–Kier alpha value is -1.02. The Morgan fingerprint density at radius 2 is 2.20 bits per heavy atom. The van der Waals surface area contributed by atoms with E-state index in [2.05, 4.69) is 30.4 Å². The quantitative estimate of drug-likeness (QED) is 0.819. The first-order valence-electron chi connectivity index (χ1n) is 5.78. The molecule has 1 heterocycles. The zero-order valence-corrected chi connectivity index (χ0v) is 9.49. The Morgan fingerprint density at radius 1 is 1.40 bits per heavy atom. The monoisotopic (exact) mass is 205 g/mol. The van der Waals surface area contributed by atoms with Crippen molar-refractivity contribution < 1.29 is 4.74 Å². The van der Waals surface area contributed by atoms with Gasteiger partial charge in [0.05, 0.1) is 6.61 Å². The molecule has 2 heteroatoms. The van der Waals surface area contributed by atoms with Crippen molar-refractivity contribution >= 4 is 0 Å². The fourth-order valence-electron chi connectivity index (χ4n) is 2.28. The molecule has 1 N–H and O–H groups in total. The van der Waals surface area contributed by atoms with Crippen molar-refractivity contribution in [2.45, 2.75) is 26.3 Å². The van der Waals surface area contributed by atoms with Crippen molar-refractivity contribution in [3.63, 3.8) is 0 Å². The highest BCUT2D eigenvalue weighted by atomic mass is 16.5. The summed E-state index contributed by atoms with van der Waals surface area (Å²) in [5.74, 6) is 1.73. The molecule has 1 aliphatic rings. The number of hydrogen-bond donors (Lipinski definition) is 1. The van der Waals surface area contributed by atoms with E-state index in [1.165, 1.54) is 12.0 Å². The van der Waals surface area contributed by atoms with Gasteiger partial charge in [-0.05, 0) is 31.9 Å². The standard InChI is InChI=1S/C13H19NO/c1-3-15-12-7-5-4-6-11(12)13-10(2)8-9-14-13/h4-7,10,13-14H,3,8-9H2,1-2H3/t10-,13-/m1/s1. The Labute approximate surface area is 91.6 Å². The summed E-state index contributed by atoms with van der Waals surface area (Å²) in [6.45, 7) is 6.18. The Morgan fingerprint density at radius 3 is 2.87 bits per heavy atom. The average Bonchev–Trinajstić information content (AvgIpc) is 2.66. The largest absolute Gasteiger partial charge is 0.494 e. The van der Waals surface area contributed by atoms with Gasteiger partial charge >= 0.3 is 0 Å². The molecule has 2 nitrogen and oxygen atoms in total. The molecule has 0 aliphatic carbocycles. The first-order chi connectivity index (χ1) is 7.33. The molecule has 0 saturated carbocycles. The van der Waals surface area contributed by atoms with Crippen molar-refractivity contribution in [1.29, 1.82) is 0 Å². The minimum atomic E-state index is 0.466. The smallest absolute Gasteiger partial charge is 0.124 e. The highest BCUT2D eigenvalue weighted by Crippen LogP contribution is 2.34. The highest BCUT2D eigenvalue weighted by molar-refractivity contribution is 5.36. The Kier molecular flexibility index (Phi) is 3.27. The summed E-state index contributed by atoms with van der Waals surface area (Å²) in [6, 6.07) is 8.82. The van der Waals surface area contributed by atoms with Crippen LogP contribution < -0.4 is 10.1 Å². The molecule has 1 fully saturated rings. The summed E-state index contributed by atoms with van der Waals surface area (Å²) in [5, 5.41) is 3.54. The van der Waals surface area contributed by atoms with Gasteiger partial charge in [-0.2, -0.15) is 0 Å². The lowest BCUT2D eigenvalue weighted by Crippen LogP contribution is -2.17. The van der Waals surface area contributed by atoms with Crippen LogP contribution in [0.2, 0.25) is 0 Å². The van der Waals surface area contributed by atoms with E-state index in [9.17, 15) is 0 Å². The first kappa shape index (κ1) is 10.5. The second kappa shape index (κ2) is 4.67. The Balaban J connectivity index is 2.25. The van der Waals surface area contributed by atoms with E-state index in [0.717, 1.165) is 18.9 Å². The van der Waals surface area contributed by atoms with Crippen molar-refractivity contribution in [2.75, 3.05) is 13.2 Å². The fraction of sp³-hybridized carbons (Fsp3) is 0.538. The maximum Gasteiger partial charge on any atom is 0.124 e. The van der Waals surface area contributed by atoms with Crippen LogP contribution in [0.25, 0.3) is 0 Å². The van der Waals surface area contributed by atoms with Gasteiger partial charge in [0.1, 0.15) is 5.75 Å². The van der Waals surface area contributed by atoms with Crippen LogP contribution in [0.15, 0.2) is 24.3 Å². The lowest BCUT2D eigenvalue weighted by Gasteiger charge is -2.19. The van der Waals surface area contributed by atoms with E-state index >= 15 is 0 Å². The van der Waals surface area contributed by atoms with Gasteiger partial charge in [-0.3, -0.25) is 0 Å². The summed E-state index contributed by atoms with van der Waals surface area (Å²) in [4.78, 5) is 0. The molecule has 0 amide bonds. The van der Waals surface area contributed by atoms with E-state index in [1.807, 2.05) is 13.0 Å². The zero-order chi connectivity index (χ0) is 10.7. The van der Waals surface area contributed by atoms with Crippen LogP contribution in [0, 0.1) is 5.92 Å². The van der Waals surface area contributed by atoms with Gasteiger partial charge in [0, 0.05) is 11.6 Å². The zero-order valence-electron chi connectivity index (χ0n) is 9.49. The van der Waals surface area contributed by atoms with Crippen molar-refractivity contribution in [3.8, 4) is 5.75 Å². The van der Waals surface area contributed by atoms with E-state index in [-0.39, 0.29) is 0 Å². The van der Waals surface area contributed by atoms with Gasteiger partial charge in [0.15, 0.2) is 0 Å². The minimum absolute atomic E-state index is 0.466. The third-order valence-corrected chi connectivity index (χ3v) is 3.09. The predicted molar refractivity (Wildman–Crippen MR) is 62.1 cm³/mol. The van der Waals surface area contributed by atoms with Gasteiger partial charge in [0.2, 0.25) is 0 Å². The number of para-hydroxylation sites is 1.